The van der Waals surface area contributed by atoms with E-state index in [1.165, 1.54) is 27.3 Å². The summed E-state index contributed by atoms with van der Waals surface area (Å²) in [6, 6.07) is 11.3. The van der Waals surface area contributed by atoms with Crippen LogP contribution in [0.1, 0.15) is 0 Å². The van der Waals surface area contributed by atoms with Gasteiger partial charge in [0, 0.05) is 20.2 Å². The van der Waals surface area contributed by atoms with Gasteiger partial charge in [-0.15, -0.1) is 0 Å². The molecule has 0 aliphatic heterocycles. The summed E-state index contributed by atoms with van der Waals surface area (Å²) in [5.41, 5.74) is 1.37. The summed E-state index contributed by atoms with van der Waals surface area (Å²) >= 11 is 0. The van der Waals surface area contributed by atoms with Gasteiger partial charge in [0.25, 0.3) is 0 Å². The Morgan fingerprint density at radius 1 is 1.05 bits per heavy atom. The molecule has 6 heteroatoms. The number of hydrogen-bond donors (Lipinski definition) is 1. The van der Waals surface area contributed by atoms with Crippen LogP contribution in [-0.2, 0) is 10.0 Å². The summed E-state index contributed by atoms with van der Waals surface area (Å²) in [6.07, 6.45) is 0. The number of sulfonamides is 1. The number of phenols is 1. The van der Waals surface area contributed by atoms with Crippen LogP contribution in [0, 0.1) is 0 Å². The van der Waals surface area contributed by atoms with E-state index in [1.807, 2.05) is 0 Å². The molecule has 0 amide bonds. The van der Waals surface area contributed by atoms with Gasteiger partial charge in [-0.2, -0.15) is 0 Å². The second-order valence-corrected chi connectivity index (χ2v) is 6.89. The maximum Gasteiger partial charge on any atom is 0.242 e. The lowest BCUT2D eigenvalue weighted by molar-refractivity contribution is 0.408. The molecule has 0 aromatic heterocycles. The van der Waals surface area contributed by atoms with E-state index in [0.717, 1.165) is 4.31 Å². The van der Waals surface area contributed by atoms with Crippen molar-refractivity contribution in [1.29, 1.82) is 0 Å². The Bertz CT molecular complexity index is 754. The van der Waals surface area contributed by atoms with Gasteiger partial charge in [-0.05, 0) is 35.4 Å². The molecule has 0 fully saturated rings. The quantitative estimate of drug-likeness (QED) is 0.941. The molecule has 0 unspecified atom stereocenters. The third-order valence-electron chi connectivity index (χ3n) is 3.07. The first-order valence-electron chi connectivity index (χ1n) is 6.25. The second-order valence-electron chi connectivity index (χ2n) is 4.73. The van der Waals surface area contributed by atoms with E-state index < -0.39 is 10.0 Å². The van der Waals surface area contributed by atoms with Gasteiger partial charge in [0.05, 0.1) is 12.0 Å². The predicted octanol–water partition coefficient (Wildman–Crippen LogP) is 2.32. The molecule has 0 radical (unpaired) electrons. The van der Waals surface area contributed by atoms with Gasteiger partial charge in [-0.25, -0.2) is 12.7 Å². The number of phenolic OH excluding ortho intramolecular Hbond substituents is 1. The highest BCUT2D eigenvalue weighted by Gasteiger charge is 2.17. The third kappa shape index (κ3) is 3.17. The Labute approximate surface area is 124 Å². The van der Waals surface area contributed by atoms with E-state index in [-0.39, 0.29) is 10.6 Å². The van der Waals surface area contributed by atoms with Crippen LogP contribution < -0.4 is 4.74 Å². The van der Waals surface area contributed by atoms with Gasteiger partial charge in [0.2, 0.25) is 10.0 Å². The molecule has 0 saturated carbocycles. The molecule has 2 rings (SSSR count). The van der Waals surface area contributed by atoms with Crippen molar-refractivity contribution in [2.75, 3.05) is 21.2 Å². The maximum atomic E-state index is 12.2. The maximum absolute atomic E-state index is 12.2. The summed E-state index contributed by atoms with van der Waals surface area (Å²) in [6.45, 7) is 0. The molecule has 1 N–H and O–H groups in total. The standard InChI is InChI=1S/C15H17NO4S/c1-16(2)21(18,19)15-6-4-5-11(9-15)12-7-13(17)10-14(8-12)20-3/h4-10,17H,1-3H3. The van der Waals surface area contributed by atoms with Crippen LogP contribution >= 0.6 is 0 Å². The number of hydrogen-bond acceptors (Lipinski definition) is 4. The van der Waals surface area contributed by atoms with Crippen LogP contribution in [0.5, 0.6) is 11.5 Å². The van der Waals surface area contributed by atoms with Crippen LogP contribution in [0.2, 0.25) is 0 Å². The smallest absolute Gasteiger partial charge is 0.242 e. The number of benzene rings is 2. The zero-order valence-electron chi connectivity index (χ0n) is 12.1. The van der Waals surface area contributed by atoms with Crippen molar-refractivity contribution in [2.45, 2.75) is 4.90 Å². The van der Waals surface area contributed by atoms with E-state index in [9.17, 15) is 13.5 Å². The summed E-state index contributed by atoms with van der Waals surface area (Å²) in [7, 11) is 0.983. The van der Waals surface area contributed by atoms with Gasteiger partial charge >= 0.3 is 0 Å². The summed E-state index contributed by atoms with van der Waals surface area (Å²) < 4.78 is 30.6. The highest BCUT2D eigenvalue weighted by molar-refractivity contribution is 7.89. The molecule has 5 nitrogen and oxygen atoms in total. The Kier molecular flexibility index (Phi) is 4.20. The molecule has 0 bridgehead atoms. The Hall–Kier alpha value is -2.05. The Morgan fingerprint density at radius 3 is 2.38 bits per heavy atom. The number of rotatable bonds is 4. The molecular formula is C15H17NO4S. The van der Waals surface area contributed by atoms with Gasteiger partial charge < -0.3 is 9.84 Å². The highest BCUT2D eigenvalue weighted by atomic mass is 32.2. The molecule has 0 saturated heterocycles. The first-order valence-corrected chi connectivity index (χ1v) is 7.69. The van der Waals surface area contributed by atoms with E-state index in [0.29, 0.717) is 16.9 Å². The minimum absolute atomic E-state index is 0.0604. The minimum Gasteiger partial charge on any atom is -0.508 e. The van der Waals surface area contributed by atoms with Crippen molar-refractivity contribution in [3.8, 4) is 22.6 Å². The molecule has 0 aliphatic carbocycles. The molecule has 2 aromatic carbocycles. The van der Waals surface area contributed by atoms with Crippen molar-refractivity contribution in [3.05, 3.63) is 42.5 Å². The molecule has 0 heterocycles. The highest BCUT2D eigenvalue weighted by Crippen LogP contribution is 2.30. The molecule has 2 aromatic rings. The number of nitrogens with zero attached hydrogens (tertiary/aromatic N) is 1. The fourth-order valence-corrected chi connectivity index (χ4v) is 2.86. The average Bonchev–Trinajstić information content (AvgIpc) is 2.46. The third-order valence-corrected chi connectivity index (χ3v) is 4.88. The lowest BCUT2D eigenvalue weighted by Crippen LogP contribution is -2.22. The molecule has 21 heavy (non-hydrogen) atoms. The number of methoxy groups -OCH3 is 1. The zero-order valence-corrected chi connectivity index (χ0v) is 12.9. The average molecular weight is 307 g/mol. The minimum atomic E-state index is -3.49. The van der Waals surface area contributed by atoms with Crippen molar-refractivity contribution in [2.24, 2.45) is 0 Å². The van der Waals surface area contributed by atoms with Gasteiger partial charge in [-0.3, -0.25) is 0 Å². The largest absolute Gasteiger partial charge is 0.508 e. The normalized spacial score (nSPS) is 11.6. The molecular weight excluding hydrogens is 290 g/mol. The summed E-state index contributed by atoms with van der Waals surface area (Å²) in [4.78, 5) is 0.201. The van der Waals surface area contributed by atoms with Gasteiger partial charge in [0.1, 0.15) is 11.5 Å². The number of ether oxygens (including phenoxy) is 1. The summed E-state index contributed by atoms with van der Waals surface area (Å²) in [5, 5.41) is 9.70. The lowest BCUT2D eigenvalue weighted by Gasteiger charge is -2.13. The van der Waals surface area contributed by atoms with E-state index in [4.69, 9.17) is 4.74 Å². The summed E-state index contributed by atoms with van der Waals surface area (Å²) in [5.74, 6) is 0.566. The van der Waals surface area contributed by atoms with Crippen LogP contribution in [0.4, 0.5) is 0 Å². The van der Waals surface area contributed by atoms with E-state index in [1.54, 1.807) is 36.4 Å². The van der Waals surface area contributed by atoms with Gasteiger partial charge in [0.15, 0.2) is 0 Å². The molecule has 0 atom stereocenters. The van der Waals surface area contributed by atoms with Crippen LogP contribution in [-0.4, -0.2) is 39.0 Å². The fourth-order valence-electron chi connectivity index (χ4n) is 1.91. The second kappa shape index (κ2) is 5.75. The van der Waals surface area contributed by atoms with Gasteiger partial charge in [-0.1, -0.05) is 12.1 Å². The molecule has 112 valence electrons. The first kappa shape index (κ1) is 15.3. The molecule has 0 spiro atoms. The molecule has 0 aliphatic rings. The Balaban J connectivity index is 2.54. The van der Waals surface area contributed by atoms with Crippen LogP contribution in [0.15, 0.2) is 47.4 Å². The monoisotopic (exact) mass is 307 g/mol. The van der Waals surface area contributed by atoms with Crippen molar-refractivity contribution < 1.29 is 18.3 Å². The predicted molar refractivity (Wildman–Crippen MR) is 81.0 cm³/mol. The zero-order chi connectivity index (χ0) is 15.6. The Morgan fingerprint density at radius 2 is 1.76 bits per heavy atom. The van der Waals surface area contributed by atoms with Crippen molar-refractivity contribution in [1.82, 2.24) is 4.31 Å². The van der Waals surface area contributed by atoms with Crippen molar-refractivity contribution in [3.63, 3.8) is 0 Å². The number of aromatic hydroxyl groups is 1. The topological polar surface area (TPSA) is 66.8 Å². The van der Waals surface area contributed by atoms with E-state index >= 15 is 0 Å². The SMILES string of the molecule is COc1cc(O)cc(-c2cccc(S(=O)(=O)N(C)C)c2)c1. The van der Waals surface area contributed by atoms with E-state index in [2.05, 4.69) is 0 Å². The fraction of sp³-hybridized carbons (Fsp3) is 0.200. The first-order chi connectivity index (χ1) is 9.84. The van der Waals surface area contributed by atoms with Crippen LogP contribution in [0.25, 0.3) is 11.1 Å². The lowest BCUT2D eigenvalue weighted by atomic mass is 10.1. The van der Waals surface area contributed by atoms with Crippen molar-refractivity contribution >= 4 is 10.0 Å². The van der Waals surface area contributed by atoms with Crippen LogP contribution in [0.3, 0.4) is 0 Å².